The van der Waals surface area contributed by atoms with Crippen LogP contribution in [0.2, 0.25) is 0 Å². The smallest absolute Gasteiger partial charge is 0.322 e. The van der Waals surface area contributed by atoms with Gasteiger partial charge in [0.25, 0.3) is 5.82 Å². The van der Waals surface area contributed by atoms with Gasteiger partial charge in [0.15, 0.2) is 11.0 Å². The Hall–Kier alpha value is -2.48. The Morgan fingerprint density at radius 2 is 2.14 bits per heavy atom. The Morgan fingerprint density at radius 3 is 2.95 bits per heavy atom. The third kappa shape index (κ3) is 2.12. The number of fused-ring (bicyclic) bond motifs is 1. The van der Waals surface area contributed by atoms with Crippen molar-refractivity contribution in [3.63, 3.8) is 0 Å². The van der Waals surface area contributed by atoms with Crippen LogP contribution < -0.4 is 14.8 Å². The van der Waals surface area contributed by atoms with Crippen LogP contribution in [0.5, 0.6) is 0 Å². The summed E-state index contributed by atoms with van der Waals surface area (Å²) in [5.74, 6) is 0.869. The molecule has 1 saturated heterocycles. The summed E-state index contributed by atoms with van der Waals surface area (Å²) in [6.45, 7) is 3.48. The lowest BCUT2D eigenvalue weighted by molar-refractivity contribution is -0.633. The van der Waals surface area contributed by atoms with E-state index in [0.29, 0.717) is 23.2 Å². The highest BCUT2D eigenvalue weighted by molar-refractivity contribution is 5.73. The first-order chi connectivity index (χ1) is 10.7. The third-order valence-corrected chi connectivity index (χ3v) is 3.92. The highest BCUT2D eigenvalue weighted by Gasteiger charge is 2.25. The minimum Gasteiger partial charge on any atom is -0.322 e. The lowest BCUT2D eigenvalue weighted by Crippen LogP contribution is -2.43. The van der Waals surface area contributed by atoms with E-state index in [1.54, 1.807) is 6.07 Å². The summed E-state index contributed by atoms with van der Waals surface area (Å²) in [6, 6.07) is 5.13. The Labute approximate surface area is 125 Å². The fourth-order valence-corrected chi connectivity index (χ4v) is 2.73. The van der Waals surface area contributed by atoms with Gasteiger partial charge in [-0.05, 0) is 17.3 Å². The van der Waals surface area contributed by atoms with E-state index < -0.39 is 0 Å². The summed E-state index contributed by atoms with van der Waals surface area (Å²) in [7, 11) is 1.88. The number of nitrogens with one attached hydrogen (secondary N) is 2. The molecule has 0 spiro atoms. The molecule has 0 amide bonds. The molecular formula is C14H16FN6O+. The zero-order chi connectivity index (χ0) is 15.1. The first-order valence-corrected chi connectivity index (χ1v) is 7.19. The van der Waals surface area contributed by atoms with E-state index in [1.807, 2.05) is 11.6 Å². The van der Waals surface area contributed by atoms with Crippen LogP contribution in [-0.4, -0.2) is 41.3 Å². The second kappa shape index (κ2) is 5.06. The molecule has 2 aromatic heterocycles. The number of aromatic nitrogens is 4. The molecule has 4 rings (SSSR count). The van der Waals surface area contributed by atoms with E-state index in [-0.39, 0.29) is 5.82 Å². The predicted octanol–water partition coefficient (Wildman–Crippen LogP) is 0.591. The maximum Gasteiger partial charge on any atom is 0.329 e. The number of aryl methyl sites for hydroxylation is 1. The molecule has 2 N–H and O–H groups in total. The van der Waals surface area contributed by atoms with E-state index in [0.717, 1.165) is 31.7 Å². The molecular weight excluding hydrogens is 287 g/mol. The van der Waals surface area contributed by atoms with Crippen LogP contribution in [0.15, 0.2) is 22.7 Å². The largest absolute Gasteiger partial charge is 0.329 e. The zero-order valence-corrected chi connectivity index (χ0v) is 12.1. The molecule has 3 heterocycles. The van der Waals surface area contributed by atoms with Crippen LogP contribution in [-0.2, 0) is 7.05 Å². The molecule has 0 saturated carbocycles. The maximum atomic E-state index is 13.3. The standard InChI is InChI=1S/C14H15FN6O/c1-20-11-3-2-9(15)8-10(11)17-13(20)12-18-14(22-19-12)21-6-4-16-5-7-21/h2-3,8,16H,4-7H2,1H3/p+1. The molecule has 22 heavy (non-hydrogen) atoms. The lowest BCUT2D eigenvalue weighted by Gasteiger charge is -2.24. The number of piperazine rings is 1. The fourth-order valence-electron chi connectivity index (χ4n) is 2.73. The third-order valence-electron chi connectivity index (χ3n) is 3.92. The minimum absolute atomic E-state index is 0.282. The van der Waals surface area contributed by atoms with E-state index in [9.17, 15) is 4.39 Å². The van der Waals surface area contributed by atoms with Crippen molar-refractivity contribution in [1.29, 1.82) is 0 Å². The number of hydrogen-bond donors (Lipinski definition) is 2. The number of H-pyrrole nitrogens is 1. The number of nitrogens with zero attached hydrogens (tertiary/aromatic N) is 4. The first kappa shape index (κ1) is 13.2. The SMILES string of the molecule is C[n+]1c(-c2noc(N3CCNCC3)n2)[nH]c2cc(F)ccc21. The van der Waals surface area contributed by atoms with Crippen molar-refractivity contribution in [2.45, 2.75) is 0 Å². The zero-order valence-electron chi connectivity index (χ0n) is 12.1. The van der Waals surface area contributed by atoms with E-state index in [1.165, 1.54) is 12.1 Å². The van der Waals surface area contributed by atoms with E-state index >= 15 is 0 Å². The molecule has 1 aliphatic rings. The summed E-state index contributed by atoms with van der Waals surface area (Å²) in [6.07, 6.45) is 0. The molecule has 1 aromatic carbocycles. The van der Waals surface area contributed by atoms with Gasteiger partial charge in [-0.15, -0.1) is 0 Å². The van der Waals surface area contributed by atoms with Crippen LogP contribution in [0, 0.1) is 5.82 Å². The highest BCUT2D eigenvalue weighted by Crippen LogP contribution is 2.20. The fraction of sp³-hybridized carbons (Fsp3) is 0.357. The molecule has 1 aliphatic heterocycles. The summed E-state index contributed by atoms with van der Waals surface area (Å²) in [5.41, 5.74) is 1.58. The van der Waals surface area contributed by atoms with Crippen molar-refractivity contribution in [2.24, 2.45) is 7.05 Å². The summed E-state index contributed by atoms with van der Waals surface area (Å²) >= 11 is 0. The maximum absolute atomic E-state index is 13.3. The average molecular weight is 303 g/mol. The van der Waals surface area contributed by atoms with Gasteiger partial charge in [0.05, 0.1) is 7.05 Å². The van der Waals surface area contributed by atoms with Gasteiger partial charge in [-0.3, -0.25) is 0 Å². The van der Waals surface area contributed by atoms with Crippen molar-refractivity contribution in [3.8, 4) is 11.6 Å². The second-order valence-electron chi connectivity index (χ2n) is 5.33. The molecule has 1 fully saturated rings. The van der Waals surface area contributed by atoms with E-state index in [2.05, 4.69) is 25.3 Å². The van der Waals surface area contributed by atoms with E-state index in [4.69, 9.17) is 4.52 Å². The Balaban J connectivity index is 1.72. The molecule has 8 heteroatoms. The number of aromatic amines is 1. The van der Waals surface area contributed by atoms with Gasteiger partial charge in [0.2, 0.25) is 0 Å². The molecule has 114 valence electrons. The average Bonchev–Trinajstić information content (AvgIpc) is 3.13. The lowest BCUT2D eigenvalue weighted by atomic mass is 10.3. The number of hydrogen-bond acceptors (Lipinski definition) is 5. The van der Waals surface area contributed by atoms with Crippen molar-refractivity contribution in [1.82, 2.24) is 20.4 Å². The normalized spacial score (nSPS) is 15.6. The monoisotopic (exact) mass is 303 g/mol. The highest BCUT2D eigenvalue weighted by atomic mass is 19.1. The van der Waals surface area contributed by atoms with Gasteiger partial charge in [0.1, 0.15) is 5.82 Å². The van der Waals surface area contributed by atoms with Crippen molar-refractivity contribution >= 4 is 17.0 Å². The Bertz CT molecular complexity index is 820. The van der Waals surface area contributed by atoms with Crippen molar-refractivity contribution in [3.05, 3.63) is 24.0 Å². The second-order valence-corrected chi connectivity index (χ2v) is 5.33. The number of imidazole rings is 1. The van der Waals surface area contributed by atoms with Crippen LogP contribution in [0.4, 0.5) is 10.4 Å². The first-order valence-electron chi connectivity index (χ1n) is 7.19. The van der Waals surface area contributed by atoms with Gasteiger partial charge in [0, 0.05) is 32.2 Å². The summed E-state index contributed by atoms with van der Waals surface area (Å²) in [5, 5.41) is 7.32. The molecule has 0 unspecified atom stereocenters. The number of rotatable bonds is 2. The van der Waals surface area contributed by atoms with Crippen LogP contribution in [0.3, 0.4) is 0 Å². The minimum atomic E-state index is -0.282. The molecule has 7 nitrogen and oxygen atoms in total. The molecule has 0 aliphatic carbocycles. The summed E-state index contributed by atoms with van der Waals surface area (Å²) in [4.78, 5) is 9.65. The quantitative estimate of drug-likeness (QED) is 0.678. The predicted molar refractivity (Wildman–Crippen MR) is 77.8 cm³/mol. The van der Waals surface area contributed by atoms with Crippen LogP contribution >= 0.6 is 0 Å². The summed E-state index contributed by atoms with van der Waals surface area (Å²) < 4.78 is 20.6. The van der Waals surface area contributed by atoms with Gasteiger partial charge >= 0.3 is 11.8 Å². The number of anilines is 1. The van der Waals surface area contributed by atoms with Gasteiger partial charge < -0.3 is 14.7 Å². The van der Waals surface area contributed by atoms with Gasteiger partial charge in [-0.2, -0.15) is 4.98 Å². The van der Waals surface area contributed by atoms with Crippen LogP contribution in [0.1, 0.15) is 0 Å². The molecule has 0 atom stereocenters. The Morgan fingerprint density at radius 1 is 1.32 bits per heavy atom. The molecule has 0 bridgehead atoms. The number of halogens is 1. The van der Waals surface area contributed by atoms with Crippen molar-refractivity contribution < 1.29 is 13.5 Å². The molecule has 0 radical (unpaired) electrons. The van der Waals surface area contributed by atoms with Crippen LogP contribution in [0.25, 0.3) is 22.7 Å². The molecule has 3 aromatic rings. The van der Waals surface area contributed by atoms with Gasteiger partial charge in [-0.1, -0.05) is 0 Å². The topological polar surface area (TPSA) is 73.9 Å². The number of benzene rings is 1. The van der Waals surface area contributed by atoms with Crippen molar-refractivity contribution in [2.75, 3.05) is 31.1 Å². The Kier molecular flexibility index (Phi) is 3.04. The van der Waals surface area contributed by atoms with Gasteiger partial charge in [-0.25, -0.2) is 13.9 Å².